The number of nitrogens with one attached hydrogen (secondary N) is 2. The number of carbonyl (C=O) groups excluding carboxylic acids is 3. The largest absolute Gasteiger partial charge is 0.423 e. The molecule has 1 aromatic rings. The fourth-order valence-electron chi connectivity index (χ4n) is 2.05. The van der Waals surface area contributed by atoms with E-state index < -0.39 is 24.4 Å². The lowest BCUT2D eigenvalue weighted by Gasteiger charge is -2.17. The first-order valence-corrected chi connectivity index (χ1v) is 6.72. The number of urea groups is 2. The summed E-state index contributed by atoms with van der Waals surface area (Å²) in [5.41, 5.74) is 1.58. The fourth-order valence-corrected chi connectivity index (χ4v) is 2.05. The van der Waals surface area contributed by atoms with Crippen LogP contribution in [0.2, 0.25) is 0 Å². The molecule has 0 spiro atoms. The average molecular weight is 306 g/mol. The molecule has 0 bridgehead atoms. The number of nitrogens with zero attached hydrogens (tertiary/aromatic N) is 2. The van der Waals surface area contributed by atoms with Crippen molar-refractivity contribution in [2.24, 2.45) is 0 Å². The van der Waals surface area contributed by atoms with E-state index in [4.69, 9.17) is 4.74 Å². The molecule has 1 aliphatic heterocycles. The number of imide groups is 1. The third-order valence-corrected chi connectivity index (χ3v) is 3.27. The van der Waals surface area contributed by atoms with E-state index in [1.54, 1.807) is 18.2 Å². The number of hydrogen-bond acceptors (Lipinski definition) is 4. The van der Waals surface area contributed by atoms with Crippen molar-refractivity contribution >= 4 is 23.8 Å². The smallest absolute Gasteiger partial charge is 0.408 e. The predicted octanol–water partition coefficient (Wildman–Crippen LogP) is 1.58. The maximum atomic E-state index is 12.2. The number of amides is 5. The van der Waals surface area contributed by atoms with Crippen LogP contribution in [0.5, 0.6) is 0 Å². The molecule has 1 aliphatic rings. The van der Waals surface area contributed by atoms with Crippen LogP contribution in [0.25, 0.3) is 0 Å². The zero-order chi connectivity index (χ0) is 16.3. The highest BCUT2D eigenvalue weighted by molar-refractivity contribution is 6.01. The predicted molar refractivity (Wildman–Crippen MR) is 79.4 cm³/mol. The normalized spacial score (nSPS) is 17.4. The zero-order valence-electron chi connectivity index (χ0n) is 12.6. The molecule has 1 heterocycles. The van der Waals surface area contributed by atoms with E-state index >= 15 is 0 Å². The molecule has 8 heteroatoms. The van der Waals surface area contributed by atoms with Crippen LogP contribution in [-0.2, 0) is 4.74 Å². The highest BCUT2D eigenvalue weighted by Gasteiger charge is 2.40. The number of rotatable bonds is 2. The quantitative estimate of drug-likeness (QED) is 0.868. The topological polar surface area (TPSA) is 91.0 Å². The van der Waals surface area contributed by atoms with E-state index in [9.17, 15) is 14.4 Å². The Morgan fingerprint density at radius 1 is 1.36 bits per heavy atom. The van der Waals surface area contributed by atoms with Crippen molar-refractivity contribution in [3.05, 3.63) is 29.8 Å². The van der Waals surface area contributed by atoms with Gasteiger partial charge in [0.15, 0.2) is 6.23 Å². The summed E-state index contributed by atoms with van der Waals surface area (Å²) in [6.07, 6.45) is -1.47. The molecule has 8 nitrogen and oxygen atoms in total. The van der Waals surface area contributed by atoms with Gasteiger partial charge in [-0.3, -0.25) is 4.90 Å². The second-order valence-corrected chi connectivity index (χ2v) is 4.91. The Hall–Kier alpha value is -2.77. The zero-order valence-corrected chi connectivity index (χ0v) is 12.6. The summed E-state index contributed by atoms with van der Waals surface area (Å²) in [5, 5.41) is 4.95. The van der Waals surface area contributed by atoms with Crippen LogP contribution < -0.4 is 10.6 Å². The van der Waals surface area contributed by atoms with Crippen molar-refractivity contribution in [1.82, 2.24) is 15.1 Å². The molecule has 2 rings (SSSR count). The van der Waals surface area contributed by atoms with Gasteiger partial charge in [0.25, 0.3) is 0 Å². The van der Waals surface area contributed by atoms with Gasteiger partial charge in [-0.25, -0.2) is 19.3 Å². The number of likely N-dealkylation sites (N-methyl/N-ethyl adjacent to an activating group) is 1. The van der Waals surface area contributed by atoms with Gasteiger partial charge in [0, 0.05) is 19.8 Å². The average Bonchev–Trinajstić information content (AvgIpc) is 2.75. The van der Waals surface area contributed by atoms with Gasteiger partial charge in [0.2, 0.25) is 0 Å². The lowest BCUT2D eigenvalue weighted by Crippen LogP contribution is -2.38. The van der Waals surface area contributed by atoms with Crippen molar-refractivity contribution in [3.63, 3.8) is 0 Å². The molecule has 5 amide bonds. The first-order chi connectivity index (χ1) is 10.4. The van der Waals surface area contributed by atoms with Crippen molar-refractivity contribution in [2.75, 3.05) is 26.0 Å². The SMILES string of the molecule is CNC(=O)OC1CN(C(=O)Nc2cccc(C)c2)C(=O)N1C. The molecule has 0 saturated carbocycles. The van der Waals surface area contributed by atoms with E-state index in [1.807, 2.05) is 13.0 Å². The molecule has 0 radical (unpaired) electrons. The molecule has 2 N–H and O–H groups in total. The van der Waals surface area contributed by atoms with Gasteiger partial charge in [-0.2, -0.15) is 0 Å². The first kappa shape index (κ1) is 15.6. The van der Waals surface area contributed by atoms with E-state index in [0.29, 0.717) is 5.69 Å². The highest BCUT2D eigenvalue weighted by Crippen LogP contribution is 2.17. The van der Waals surface area contributed by atoms with Crippen molar-refractivity contribution in [3.8, 4) is 0 Å². The van der Waals surface area contributed by atoms with E-state index in [-0.39, 0.29) is 6.54 Å². The molecule has 1 atom stereocenters. The summed E-state index contributed by atoms with van der Waals surface area (Å²) in [6, 6.07) is 6.14. The number of aryl methyl sites for hydroxylation is 1. The molecular formula is C14H18N4O4. The van der Waals surface area contributed by atoms with E-state index in [0.717, 1.165) is 10.5 Å². The Morgan fingerprint density at radius 2 is 2.09 bits per heavy atom. The Morgan fingerprint density at radius 3 is 2.73 bits per heavy atom. The molecule has 1 saturated heterocycles. The van der Waals surface area contributed by atoms with Crippen LogP contribution in [0.1, 0.15) is 5.56 Å². The van der Waals surface area contributed by atoms with Crippen molar-refractivity contribution in [1.29, 1.82) is 0 Å². The molecule has 118 valence electrons. The van der Waals surface area contributed by atoms with Gasteiger partial charge in [-0.05, 0) is 24.6 Å². The van der Waals surface area contributed by atoms with Gasteiger partial charge in [-0.15, -0.1) is 0 Å². The Kier molecular flexibility index (Phi) is 4.50. The van der Waals surface area contributed by atoms with E-state index in [2.05, 4.69) is 10.6 Å². The fraction of sp³-hybridized carbons (Fsp3) is 0.357. The van der Waals surface area contributed by atoms with Crippen LogP contribution in [0.4, 0.5) is 20.1 Å². The van der Waals surface area contributed by atoms with Crippen LogP contribution >= 0.6 is 0 Å². The van der Waals surface area contributed by atoms with Gasteiger partial charge >= 0.3 is 18.2 Å². The Balaban J connectivity index is 2.04. The molecular weight excluding hydrogens is 288 g/mol. The van der Waals surface area contributed by atoms with E-state index in [1.165, 1.54) is 19.0 Å². The molecule has 1 aromatic carbocycles. The maximum Gasteiger partial charge on any atom is 0.408 e. The van der Waals surface area contributed by atoms with Crippen LogP contribution in [0.3, 0.4) is 0 Å². The standard InChI is InChI=1S/C14H18N4O4/c1-9-5-4-6-10(7-9)16-12(19)18-8-11(17(3)14(18)21)22-13(20)15-2/h4-7,11H,8H2,1-3H3,(H,15,20)(H,16,19). The third kappa shape index (κ3) is 3.27. The molecule has 0 aliphatic carbocycles. The first-order valence-electron chi connectivity index (χ1n) is 6.72. The van der Waals surface area contributed by atoms with Crippen molar-refractivity contribution in [2.45, 2.75) is 13.2 Å². The number of hydrogen-bond donors (Lipinski definition) is 2. The summed E-state index contributed by atoms with van der Waals surface area (Å²) in [4.78, 5) is 37.7. The number of carbonyl (C=O) groups is 3. The summed E-state index contributed by atoms with van der Waals surface area (Å²) in [6.45, 7) is 1.87. The molecule has 1 fully saturated rings. The van der Waals surface area contributed by atoms with Crippen LogP contribution in [-0.4, -0.2) is 54.8 Å². The number of ether oxygens (including phenoxy) is 1. The lowest BCUT2D eigenvalue weighted by atomic mass is 10.2. The second kappa shape index (κ2) is 6.33. The Bertz CT molecular complexity index is 604. The van der Waals surface area contributed by atoms with Gasteiger partial charge in [0.1, 0.15) is 0 Å². The molecule has 22 heavy (non-hydrogen) atoms. The number of benzene rings is 1. The monoisotopic (exact) mass is 306 g/mol. The minimum atomic E-state index is -0.810. The number of anilines is 1. The summed E-state index contributed by atoms with van der Waals surface area (Å²) < 4.78 is 5.03. The summed E-state index contributed by atoms with van der Waals surface area (Å²) in [5.74, 6) is 0. The highest BCUT2D eigenvalue weighted by atomic mass is 16.6. The summed E-state index contributed by atoms with van der Waals surface area (Å²) >= 11 is 0. The van der Waals surface area contributed by atoms with Gasteiger partial charge in [0.05, 0.1) is 6.54 Å². The Labute approximate surface area is 128 Å². The molecule has 1 unspecified atom stereocenters. The maximum absolute atomic E-state index is 12.2. The van der Waals surface area contributed by atoms with Crippen LogP contribution in [0, 0.1) is 6.92 Å². The second-order valence-electron chi connectivity index (χ2n) is 4.91. The van der Waals surface area contributed by atoms with Crippen LogP contribution in [0.15, 0.2) is 24.3 Å². The minimum Gasteiger partial charge on any atom is -0.423 e. The van der Waals surface area contributed by atoms with Crippen molar-refractivity contribution < 1.29 is 19.1 Å². The summed E-state index contributed by atoms with van der Waals surface area (Å²) in [7, 11) is 2.89. The lowest BCUT2D eigenvalue weighted by molar-refractivity contribution is 0.0449. The third-order valence-electron chi connectivity index (χ3n) is 3.27. The van der Waals surface area contributed by atoms with Gasteiger partial charge in [-0.1, -0.05) is 12.1 Å². The minimum absolute atomic E-state index is 0.0274. The molecule has 0 aromatic heterocycles. The van der Waals surface area contributed by atoms with Gasteiger partial charge < -0.3 is 15.4 Å². The number of alkyl carbamates (subject to hydrolysis) is 1.